The average molecular weight is 386 g/mol. The number of benzene rings is 2. The second-order valence-corrected chi connectivity index (χ2v) is 6.22. The fraction of sp³-hybridized carbons (Fsp3) is 0.176. The SMILES string of the molecule is CC(=O)Nc1ccc(NC(=O)CSc2ccccc2F)c(C(F)(F)F)c1. The fourth-order valence-corrected chi connectivity index (χ4v) is 2.80. The van der Waals surface area contributed by atoms with Crippen LogP contribution in [0.5, 0.6) is 0 Å². The molecule has 0 fully saturated rings. The zero-order chi connectivity index (χ0) is 19.3. The van der Waals surface area contributed by atoms with Gasteiger partial charge in [-0.05, 0) is 30.3 Å². The summed E-state index contributed by atoms with van der Waals surface area (Å²) in [4.78, 5) is 23.2. The molecular formula is C17H14F4N2O2S. The smallest absolute Gasteiger partial charge is 0.326 e. The molecular weight excluding hydrogens is 372 g/mol. The van der Waals surface area contributed by atoms with Crippen molar-refractivity contribution in [2.24, 2.45) is 0 Å². The molecule has 0 aliphatic rings. The van der Waals surface area contributed by atoms with Gasteiger partial charge in [0.1, 0.15) is 5.82 Å². The van der Waals surface area contributed by atoms with Crippen molar-refractivity contribution in [1.29, 1.82) is 0 Å². The average Bonchev–Trinajstić information content (AvgIpc) is 2.54. The molecule has 0 aromatic heterocycles. The molecule has 2 aromatic rings. The van der Waals surface area contributed by atoms with Gasteiger partial charge in [0.05, 0.1) is 17.0 Å². The topological polar surface area (TPSA) is 58.2 Å². The van der Waals surface area contributed by atoms with Gasteiger partial charge in [-0.15, -0.1) is 11.8 Å². The number of hydrogen-bond acceptors (Lipinski definition) is 3. The van der Waals surface area contributed by atoms with Crippen molar-refractivity contribution in [3.8, 4) is 0 Å². The Morgan fingerprint density at radius 1 is 1.08 bits per heavy atom. The Labute approximate surface area is 151 Å². The van der Waals surface area contributed by atoms with Crippen LogP contribution in [-0.2, 0) is 15.8 Å². The molecule has 9 heteroatoms. The molecule has 26 heavy (non-hydrogen) atoms. The van der Waals surface area contributed by atoms with E-state index in [4.69, 9.17) is 0 Å². The molecule has 2 aromatic carbocycles. The molecule has 0 aliphatic carbocycles. The Morgan fingerprint density at radius 3 is 2.38 bits per heavy atom. The van der Waals surface area contributed by atoms with E-state index < -0.39 is 35.1 Å². The number of alkyl halides is 3. The van der Waals surface area contributed by atoms with Gasteiger partial charge in [0.15, 0.2) is 0 Å². The minimum absolute atomic E-state index is 0.0384. The largest absolute Gasteiger partial charge is 0.418 e. The third kappa shape index (κ3) is 5.48. The summed E-state index contributed by atoms with van der Waals surface area (Å²) in [5, 5.41) is 4.43. The minimum atomic E-state index is -4.73. The number of carbonyl (C=O) groups excluding carboxylic acids is 2. The summed E-state index contributed by atoms with van der Waals surface area (Å²) >= 11 is 0.874. The van der Waals surface area contributed by atoms with Crippen molar-refractivity contribution < 1.29 is 27.2 Å². The summed E-state index contributed by atoms with van der Waals surface area (Å²) in [6, 6.07) is 8.81. The van der Waals surface area contributed by atoms with Crippen molar-refractivity contribution in [3.05, 3.63) is 53.8 Å². The van der Waals surface area contributed by atoms with Crippen LogP contribution < -0.4 is 10.6 Å². The maximum absolute atomic E-state index is 13.5. The summed E-state index contributed by atoms with van der Waals surface area (Å²) in [6.45, 7) is 1.17. The van der Waals surface area contributed by atoms with E-state index in [1.54, 1.807) is 6.07 Å². The van der Waals surface area contributed by atoms with Crippen LogP contribution in [0.15, 0.2) is 47.4 Å². The van der Waals surface area contributed by atoms with Crippen molar-refractivity contribution in [3.63, 3.8) is 0 Å². The van der Waals surface area contributed by atoms with Crippen molar-refractivity contribution in [1.82, 2.24) is 0 Å². The van der Waals surface area contributed by atoms with Crippen LogP contribution in [0, 0.1) is 5.82 Å². The van der Waals surface area contributed by atoms with Crippen LogP contribution >= 0.6 is 11.8 Å². The Bertz CT molecular complexity index is 825. The van der Waals surface area contributed by atoms with Crippen LogP contribution in [0.1, 0.15) is 12.5 Å². The number of amides is 2. The van der Waals surface area contributed by atoms with Gasteiger partial charge >= 0.3 is 6.18 Å². The molecule has 0 spiro atoms. The predicted octanol–water partition coefficient (Wildman–Crippen LogP) is 4.53. The van der Waals surface area contributed by atoms with Gasteiger partial charge in [0.2, 0.25) is 11.8 Å². The Kier molecular flexibility index (Phi) is 6.25. The summed E-state index contributed by atoms with van der Waals surface area (Å²) in [7, 11) is 0. The summed E-state index contributed by atoms with van der Waals surface area (Å²) in [5.74, 6) is -2.00. The van der Waals surface area contributed by atoms with Crippen molar-refractivity contribution >= 4 is 35.0 Å². The molecule has 2 amide bonds. The van der Waals surface area contributed by atoms with E-state index in [1.807, 2.05) is 0 Å². The minimum Gasteiger partial charge on any atom is -0.326 e. The monoisotopic (exact) mass is 386 g/mol. The van der Waals surface area contributed by atoms with Gasteiger partial charge in [0, 0.05) is 17.5 Å². The summed E-state index contributed by atoms with van der Waals surface area (Å²) < 4.78 is 53.1. The molecule has 4 nitrogen and oxygen atoms in total. The molecule has 0 bridgehead atoms. The first-order valence-corrected chi connectivity index (χ1v) is 8.31. The first kappa shape index (κ1) is 19.8. The normalized spacial score (nSPS) is 11.1. The second kappa shape index (κ2) is 8.22. The number of carbonyl (C=O) groups is 2. The van der Waals surface area contributed by atoms with Crippen LogP contribution in [0.2, 0.25) is 0 Å². The Morgan fingerprint density at radius 2 is 1.77 bits per heavy atom. The van der Waals surface area contributed by atoms with Crippen molar-refractivity contribution in [2.45, 2.75) is 18.0 Å². The maximum Gasteiger partial charge on any atom is 0.418 e. The van der Waals surface area contributed by atoms with Gasteiger partial charge in [-0.25, -0.2) is 4.39 Å². The van der Waals surface area contributed by atoms with E-state index in [0.717, 1.165) is 23.9 Å². The van der Waals surface area contributed by atoms with Gasteiger partial charge < -0.3 is 10.6 Å². The fourth-order valence-electron chi connectivity index (χ4n) is 2.06. The number of nitrogens with one attached hydrogen (secondary N) is 2. The molecule has 0 aliphatic heterocycles. The standard InChI is InChI=1S/C17H14F4N2O2S/c1-10(24)22-11-6-7-14(12(8-11)17(19,20)21)23-16(25)9-26-15-5-3-2-4-13(15)18/h2-8H,9H2,1H3,(H,22,24)(H,23,25). The summed E-state index contributed by atoms with van der Waals surface area (Å²) in [5.41, 5.74) is -1.57. The number of anilines is 2. The van der Waals surface area contributed by atoms with E-state index in [2.05, 4.69) is 10.6 Å². The third-order valence-electron chi connectivity index (χ3n) is 3.11. The zero-order valence-corrected chi connectivity index (χ0v) is 14.3. The maximum atomic E-state index is 13.5. The Hall–Kier alpha value is -2.55. The lowest BCUT2D eigenvalue weighted by Crippen LogP contribution is -2.18. The van der Waals surface area contributed by atoms with Crippen LogP contribution in [0.4, 0.5) is 28.9 Å². The molecule has 0 saturated carbocycles. The quantitative estimate of drug-likeness (QED) is 0.586. The van der Waals surface area contributed by atoms with E-state index in [-0.39, 0.29) is 16.3 Å². The first-order valence-electron chi connectivity index (χ1n) is 7.33. The van der Waals surface area contributed by atoms with Crippen LogP contribution in [-0.4, -0.2) is 17.6 Å². The first-order chi connectivity index (χ1) is 12.2. The molecule has 0 heterocycles. The third-order valence-corrected chi connectivity index (χ3v) is 4.16. The lowest BCUT2D eigenvalue weighted by atomic mass is 10.1. The van der Waals surface area contributed by atoms with Gasteiger partial charge in [-0.2, -0.15) is 13.2 Å². The van der Waals surface area contributed by atoms with Gasteiger partial charge in [-0.3, -0.25) is 9.59 Å². The lowest BCUT2D eigenvalue weighted by molar-refractivity contribution is -0.137. The highest BCUT2D eigenvalue weighted by molar-refractivity contribution is 8.00. The molecule has 0 atom stereocenters. The molecule has 2 rings (SSSR count). The van der Waals surface area contributed by atoms with Gasteiger partial charge in [-0.1, -0.05) is 12.1 Å². The molecule has 0 unspecified atom stereocenters. The second-order valence-electron chi connectivity index (χ2n) is 5.21. The number of halogens is 4. The van der Waals surface area contributed by atoms with E-state index >= 15 is 0 Å². The van der Waals surface area contributed by atoms with Crippen LogP contribution in [0.3, 0.4) is 0 Å². The molecule has 2 N–H and O–H groups in total. The highest BCUT2D eigenvalue weighted by Gasteiger charge is 2.34. The van der Waals surface area contributed by atoms with E-state index in [1.165, 1.54) is 31.2 Å². The number of thioether (sulfide) groups is 1. The van der Waals surface area contributed by atoms with Crippen molar-refractivity contribution in [2.75, 3.05) is 16.4 Å². The number of hydrogen-bond donors (Lipinski definition) is 2. The molecule has 138 valence electrons. The molecule has 0 radical (unpaired) electrons. The van der Waals surface area contributed by atoms with Gasteiger partial charge in [0.25, 0.3) is 0 Å². The highest BCUT2D eigenvalue weighted by atomic mass is 32.2. The zero-order valence-electron chi connectivity index (χ0n) is 13.5. The lowest BCUT2D eigenvalue weighted by Gasteiger charge is -2.15. The van der Waals surface area contributed by atoms with E-state index in [9.17, 15) is 27.2 Å². The highest BCUT2D eigenvalue weighted by Crippen LogP contribution is 2.36. The van der Waals surface area contributed by atoms with Crippen LogP contribution in [0.25, 0.3) is 0 Å². The predicted molar refractivity (Wildman–Crippen MR) is 91.5 cm³/mol. The number of rotatable bonds is 5. The van der Waals surface area contributed by atoms with E-state index in [0.29, 0.717) is 0 Å². The Balaban J connectivity index is 2.13. The summed E-state index contributed by atoms with van der Waals surface area (Å²) in [6.07, 6.45) is -4.73. The molecule has 0 saturated heterocycles.